The van der Waals surface area contributed by atoms with Crippen LogP contribution in [0.2, 0.25) is 0 Å². The van der Waals surface area contributed by atoms with Crippen molar-refractivity contribution in [1.29, 1.82) is 0 Å². The van der Waals surface area contributed by atoms with E-state index in [4.69, 9.17) is 15.6 Å². The van der Waals surface area contributed by atoms with Crippen molar-refractivity contribution >= 4 is 5.97 Å². The number of rotatable bonds is 3. The summed E-state index contributed by atoms with van der Waals surface area (Å²) >= 11 is 0. The molecule has 1 aromatic heterocycles. The first-order valence-corrected chi connectivity index (χ1v) is 4.02. The van der Waals surface area contributed by atoms with Gasteiger partial charge in [-0.25, -0.2) is 4.98 Å². The Balaban J connectivity index is 0.000000310. The summed E-state index contributed by atoms with van der Waals surface area (Å²) in [7, 11) is 0. The third kappa shape index (κ3) is 8.55. The average molecular weight is 185 g/mol. The lowest BCUT2D eigenvalue weighted by Crippen LogP contribution is -2.03. The van der Waals surface area contributed by atoms with Crippen LogP contribution in [0.25, 0.3) is 0 Å². The van der Waals surface area contributed by atoms with Gasteiger partial charge in [-0.1, -0.05) is 0 Å². The summed E-state index contributed by atoms with van der Waals surface area (Å²) in [6.07, 6.45) is 6.54. The lowest BCUT2D eigenvalue weighted by atomic mass is 10.4. The summed E-state index contributed by atoms with van der Waals surface area (Å²) < 4.78 is 2.02. The molecule has 74 valence electrons. The average Bonchev–Trinajstić information content (AvgIpc) is 2.51. The summed E-state index contributed by atoms with van der Waals surface area (Å²) in [5.74, 6) is -0.833. The number of carbonyl (C=O) groups is 1. The molecule has 0 bridgehead atoms. The third-order valence-corrected chi connectivity index (χ3v) is 1.18. The van der Waals surface area contributed by atoms with Gasteiger partial charge in [0.25, 0.3) is 5.97 Å². The minimum Gasteiger partial charge on any atom is -0.481 e. The molecular formula is C8H15N3O2. The molecule has 0 atom stereocenters. The maximum atomic E-state index is 9.00. The minimum atomic E-state index is -0.833. The molecule has 5 nitrogen and oxygen atoms in total. The zero-order valence-electron chi connectivity index (χ0n) is 7.68. The highest BCUT2D eigenvalue weighted by atomic mass is 16.4. The summed E-state index contributed by atoms with van der Waals surface area (Å²) in [5, 5.41) is 7.42. The van der Waals surface area contributed by atoms with Crippen LogP contribution in [0.3, 0.4) is 0 Å². The molecule has 0 fully saturated rings. The Bertz CT molecular complexity index is 217. The summed E-state index contributed by atoms with van der Waals surface area (Å²) in [5.41, 5.74) is 5.31. The number of nitrogens with zero attached hydrogens (tertiary/aromatic N) is 2. The van der Waals surface area contributed by atoms with Gasteiger partial charge < -0.3 is 15.4 Å². The van der Waals surface area contributed by atoms with Crippen LogP contribution < -0.4 is 5.73 Å². The van der Waals surface area contributed by atoms with Crippen LogP contribution in [0.5, 0.6) is 0 Å². The molecule has 1 aromatic rings. The van der Waals surface area contributed by atoms with E-state index in [0.717, 1.165) is 26.4 Å². The number of carboxylic acids is 1. The second-order valence-electron chi connectivity index (χ2n) is 2.46. The number of aromatic nitrogens is 2. The molecule has 0 aliphatic heterocycles. The first-order valence-electron chi connectivity index (χ1n) is 4.02. The molecule has 0 spiro atoms. The summed E-state index contributed by atoms with van der Waals surface area (Å²) in [6, 6.07) is 0. The molecule has 0 amide bonds. The molecule has 0 aliphatic carbocycles. The predicted octanol–water partition coefficient (Wildman–Crippen LogP) is 0.323. The first kappa shape index (κ1) is 11.6. The molecule has 13 heavy (non-hydrogen) atoms. The predicted molar refractivity (Wildman–Crippen MR) is 49.2 cm³/mol. The van der Waals surface area contributed by atoms with Crippen molar-refractivity contribution in [2.75, 3.05) is 6.54 Å². The topological polar surface area (TPSA) is 81.1 Å². The Morgan fingerprint density at radius 3 is 2.69 bits per heavy atom. The molecule has 0 radical (unpaired) electrons. The quantitative estimate of drug-likeness (QED) is 0.710. The Kier molecular flexibility index (Phi) is 6.53. The normalized spacial score (nSPS) is 8.77. The van der Waals surface area contributed by atoms with E-state index in [1.165, 1.54) is 0 Å². The van der Waals surface area contributed by atoms with Gasteiger partial charge in [-0.3, -0.25) is 4.79 Å². The van der Waals surface area contributed by atoms with Crippen LogP contribution in [0.4, 0.5) is 0 Å². The third-order valence-electron chi connectivity index (χ3n) is 1.18. The van der Waals surface area contributed by atoms with E-state index in [1.54, 1.807) is 12.5 Å². The number of imidazole rings is 1. The maximum absolute atomic E-state index is 9.00. The van der Waals surface area contributed by atoms with Crippen molar-refractivity contribution in [2.45, 2.75) is 19.9 Å². The largest absolute Gasteiger partial charge is 0.481 e. The molecule has 0 aromatic carbocycles. The molecule has 5 heteroatoms. The van der Waals surface area contributed by atoms with Gasteiger partial charge in [0.2, 0.25) is 0 Å². The van der Waals surface area contributed by atoms with Crippen LogP contribution in [0.1, 0.15) is 13.3 Å². The standard InChI is InChI=1S/C6H11N3.C2H4O2/c7-2-1-4-9-5-3-8-6-9;1-2(3)4/h3,5-6H,1-2,4,7H2;1H3,(H,3,4). The maximum Gasteiger partial charge on any atom is 0.300 e. The Hall–Kier alpha value is -1.36. The van der Waals surface area contributed by atoms with Crippen molar-refractivity contribution in [1.82, 2.24) is 9.55 Å². The fraction of sp³-hybridized carbons (Fsp3) is 0.500. The SMILES string of the molecule is CC(=O)O.NCCCn1ccnc1. The van der Waals surface area contributed by atoms with E-state index in [-0.39, 0.29) is 0 Å². The fourth-order valence-electron chi connectivity index (χ4n) is 0.693. The highest BCUT2D eigenvalue weighted by molar-refractivity contribution is 5.62. The van der Waals surface area contributed by atoms with Gasteiger partial charge in [-0.2, -0.15) is 0 Å². The Labute approximate surface area is 77.2 Å². The van der Waals surface area contributed by atoms with E-state index in [0.29, 0.717) is 0 Å². The van der Waals surface area contributed by atoms with E-state index in [9.17, 15) is 0 Å². The van der Waals surface area contributed by atoms with Crippen molar-refractivity contribution in [3.63, 3.8) is 0 Å². The highest BCUT2D eigenvalue weighted by Gasteiger charge is 1.85. The molecule has 3 N–H and O–H groups in total. The summed E-state index contributed by atoms with van der Waals surface area (Å²) in [4.78, 5) is 12.9. The van der Waals surface area contributed by atoms with Crippen molar-refractivity contribution in [3.05, 3.63) is 18.7 Å². The zero-order valence-corrected chi connectivity index (χ0v) is 7.68. The highest BCUT2D eigenvalue weighted by Crippen LogP contribution is 1.87. The van der Waals surface area contributed by atoms with Gasteiger partial charge >= 0.3 is 0 Å². The van der Waals surface area contributed by atoms with Crippen LogP contribution in [-0.2, 0) is 11.3 Å². The van der Waals surface area contributed by atoms with E-state index < -0.39 is 5.97 Å². The van der Waals surface area contributed by atoms with Gasteiger partial charge in [0.15, 0.2) is 0 Å². The Morgan fingerprint density at radius 2 is 2.31 bits per heavy atom. The van der Waals surface area contributed by atoms with Gasteiger partial charge in [-0.05, 0) is 13.0 Å². The second kappa shape index (κ2) is 7.30. The molecule has 0 unspecified atom stereocenters. The van der Waals surface area contributed by atoms with E-state index in [1.807, 2.05) is 10.8 Å². The van der Waals surface area contributed by atoms with Crippen LogP contribution >= 0.6 is 0 Å². The number of hydrogen-bond acceptors (Lipinski definition) is 3. The molecule has 1 rings (SSSR count). The number of nitrogens with two attached hydrogens (primary N) is 1. The van der Waals surface area contributed by atoms with Crippen molar-refractivity contribution in [2.24, 2.45) is 5.73 Å². The minimum absolute atomic E-state index is 0.748. The molecule has 1 heterocycles. The van der Waals surface area contributed by atoms with Crippen LogP contribution in [-0.4, -0.2) is 27.2 Å². The zero-order chi connectivity index (χ0) is 10.1. The number of carboxylic acid groups (broad SMARTS) is 1. The smallest absolute Gasteiger partial charge is 0.300 e. The van der Waals surface area contributed by atoms with Gasteiger partial charge in [0.05, 0.1) is 6.33 Å². The molecule has 0 aliphatic rings. The number of hydrogen-bond donors (Lipinski definition) is 2. The lowest BCUT2D eigenvalue weighted by Gasteiger charge is -1.96. The van der Waals surface area contributed by atoms with Gasteiger partial charge in [0, 0.05) is 25.9 Å². The fourth-order valence-corrected chi connectivity index (χ4v) is 0.693. The van der Waals surface area contributed by atoms with Crippen LogP contribution in [0, 0.1) is 0 Å². The summed E-state index contributed by atoms with van der Waals surface area (Å²) in [6.45, 7) is 2.81. The lowest BCUT2D eigenvalue weighted by molar-refractivity contribution is -0.134. The van der Waals surface area contributed by atoms with Crippen molar-refractivity contribution in [3.8, 4) is 0 Å². The van der Waals surface area contributed by atoms with Crippen LogP contribution in [0.15, 0.2) is 18.7 Å². The van der Waals surface area contributed by atoms with Crippen molar-refractivity contribution < 1.29 is 9.90 Å². The van der Waals surface area contributed by atoms with E-state index in [2.05, 4.69) is 4.98 Å². The number of aryl methyl sites for hydroxylation is 1. The van der Waals surface area contributed by atoms with Gasteiger partial charge in [-0.15, -0.1) is 0 Å². The Morgan fingerprint density at radius 1 is 1.69 bits per heavy atom. The molecule has 0 saturated heterocycles. The monoisotopic (exact) mass is 185 g/mol. The molecule has 0 saturated carbocycles. The first-order chi connectivity index (χ1) is 6.16. The second-order valence-corrected chi connectivity index (χ2v) is 2.46. The molecular weight excluding hydrogens is 170 g/mol. The van der Waals surface area contributed by atoms with Gasteiger partial charge in [0.1, 0.15) is 0 Å². The number of aliphatic carboxylic acids is 1. The van der Waals surface area contributed by atoms with E-state index >= 15 is 0 Å².